The van der Waals surface area contributed by atoms with Crippen LogP contribution in [0.5, 0.6) is 0 Å². The summed E-state index contributed by atoms with van der Waals surface area (Å²) in [6, 6.07) is 11.8. The van der Waals surface area contributed by atoms with Crippen molar-refractivity contribution in [3.63, 3.8) is 0 Å². The van der Waals surface area contributed by atoms with E-state index >= 15 is 0 Å². The first kappa shape index (κ1) is 25.8. The minimum atomic E-state index is -2.18. The molecule has 0 spiro atoms. The summed E-state index contributed by atoms with van der Waals surface area (Å²) < 4.78 is 68.7. The van der Waals surface area contributed by atoms with E-state index in [1.807, 2.05) is 4.90 Å². The number of hydrogen-bond acceptors (Lipinski definition) is 3. The molecule has 1 saturated heterocycles. The van der Waals surface area contributed by atoms with Gasteiger partial charge in [0.25, 0.3) is 0 Å². The predicted molar refractivity (Wildman–Crippen MR) is 131 cm³/mol. The maximum Gasteiger partial charge on any atom is 0.248 e. The van der Waals surface area contributed by atoms with Crippen LogP contribution in [-0.4, -0.2) is 32.1 Å². The average Bonchev–Trinajstić information content (AvgIpc) is 2.87. The smallest absolute Gasteiger partial charge is 0.248 e. The Labute approximate surface area is 213 Å². The van der Waals surface area contributed by atoms with E-state index in [9.17, 15) is 26.7 Å². The van der Waals surface area contributed by atoms with Gasteiger partial charge in [0.15, 0.2) is 23.3 Å². The van der Waals surface area contributed by atoms with Gasteiger partial charge in [-0.25, -0.2) is 22.0 Å². The molecule has 1 N–H and O–H groups in total. The summed E-state index contributed by atoms with van der Waals surface area (Å²) in [7, 11) is 0. The van der Waals surface area contributed by atoms with Crippen molar-refractivity contribution in [2.75, 3.05) is 41.3 Å². The molecule has 0 unspecified atom stereocenters. The third-order valence-electron chi connectivity index (χ3n) is 5.66. The summed E-state index contributed by atoms with van der Waals surface area (Å²) in [6.45, 7) is 0.676. The Morgan fingerprint density at radius 1 is 0.778 bits per heavy atom. The highest BCUT2D eigenvalue weighted by Gasteiger charge is 2.30. The van der Waals surface area contributed by atoms with Gasteiger partial charge in [-0.2, -0.15) is 0 Å². The lowest BCUT2D eigenvalue weighted by atomic mass is 10.2. The van der Waals surface area contributed by atoms with E-state index in [1.54, 1.807) is 48.5 Å². The Morgan fingerprint density at radius 3 is 1.92 bits per heavy atom. The molecule has 1 aliphatic rings. The number of carbonyl (C=O) groups is 1. The second-order valence-corrected chi connectivity index (χ2v) is 8.77. The molecule has 0 aliphatic carbocycles. The highest BCUT2D eigenvalue weighted by atomic mass is 35.5. The predicted octanol–water partition coefficient (Wildman–Crippen LogP) is 6.67. The van der Waals surface area contributed by atoms with E-state index in [2.05, 4.69) is 5.32 Å². The Balaban J connectivity index is 1.36. The van der Waals surface area contributed by atoms with Crippen molar-refractivity contribution in [1.82, 2.24) is 0 Å². The van der Waals surface area contributed by atoms with E-state index in [-0.39, 0.29) is 32.1 Å². The highest BCUT2D eigenvalue weighted by Crippen LogP contribution is 2.31. The molecular formula is C25H18Cl2F5N3O. The molecule has 188 valence electrons. The first-order valence-electron chi connectivity index (χ1n) is 10.7. The van der Waals surface area contributed by atoms with Crippen LogP contribution < -0.4 is 15.1 Å². The van der Waals surface area contributed by atoms with E-state index in [0.29, 0.717) is 21.3 Å². The number of piperazine rings is 1. The number of anilines is 3. The summed E-state index contributed by atoms with van der Waals surface area (Å²) in [5.41, 5.74) is 1.03. The zero-order valence-electron chi connectivity index (χ0n) is 18.5. The van der Waals surface area contributed by atoms with Gasteiger partial charge >= 0.3 is 0 Å². The maximum absolute atomic E-state index is 14.1. The number of amides is 1. The molecule has 4 rings (SSSR count). The SMILES string of the molecule is O=C(/C=C/c1ccc(Cl)cc1Cl)Nc1ccc(N2CCN(c3c(F)c(F)c(F)c(F)c3F)CC2)cc1. The van der Waals surface area contributed by atoms with Crippen LogP contribution >= 0.6 is 23.2 Å². The zero-order chi connectivity index (χ0) is 26.0. The molecule has 11 heteroatoms. The molecule has 3 aromatic rings. The van der Waals surface area contributed by atoms with Crippen LogP contribution in [0.3, 0.4) is 0 Å². The molecule has 1 fully saturated rings. The average molecular weight is 542 g/mol. The molecule has 0 atom stereocenters. The highest BCUT2D eigenvalue weighted by molar-refractivity contribution is 6.35. The lowest BCUT2D eigenvalue weighted by molar-refractivity contribution is -0.111. The largest absolute Gasteiger partial charge is 0.368 e. The minimum Gasteiger partial charge on any atom is -0.368 e. The fourth-order valence-electron chi connectivity index (χ4n) is 3.80. The Bertz CT molecular complexity index is 1300. The number of hydrogen-bond donors (Lipinski definition) is 1. The number of nitrogens with zero attached hydrogens (tertiary/aromatic N) is 2. The van der Waals surface area contributed by atoms with Crippen molar-refractivity contribution >= 4 is 52.2 Å². The zero-order valence-corrected chi connectivity index (χ0v) is 20.0. The normalized spacial score (nSPS) is 14.0. The summed E-state index contributed by atoms with van der Waals surface area (Å²) >= 11 is 11.9. The van der Waals surface area contributed by atoms with Crippen LogP contribution in [0.25, 0.3) is 6.08 Å². The van der Waals surface area contributed by atoms with Gasteiger partial charge in [-0.15, -0.1) is 0 Å². The number of carbonyl (C=O) groups excluding carboxylic acids is 1. The standard InChI is InChI=1S/C25H18Cl2F5N3O/c26-15-3-1-14(18(27)13-15)2-8-19(36)33-16-4-6-17(7-5-16)34-9-11-35(12-10-34)25-23(31)21(29)20(28)22(30)24(25)32/h1-8,13H,9-12H2,(H,33,36)/b8-2+. The molecular weight excluding hydrogens is 524 g/mol. The van der Waals surface area contributed by atoms with E-state index in [1.165, 1.54) is 6.08 Å². The summed E-state index contributed by atoms with van der Waals surface area (Å²) in [5, 5.41) is 3.62. The first-order chi connectivity index (χ1) is 17.2. The lowest BCUT2D eigenvalue weighted by Crippen LogP contribution is -2.47. The van der Waals surface area contributed by atoms with Crippen molar-refractivity contribution in [1.29, 1.82) is 0 Å². The van der Waals surface area contributed by atoms with Gasteiger partial charge in [0.2, 0.25) is 11.7 Å². The number of rotatable bonds is 5. The molecule has 0 aromatic heterocycles. The number of benzene rings is 3. The van der Waals surface area contributed by atoms with Crippen LogP contribution in [0.1, 0.15) is 5.56 Å². The molecule has 0 bridgehead atoms. The molecule has 4 nitrogen and oxygen atoms in total. The maximum atomic E-state index is 14.1. The molecule has 0 saturated carbocycles. The van der Waals surface area contributed by atoms with Gasteiger partial charge in [-0.3, -0.25) is 4.79 Å². The lowest BCUT2D eigenvalue weighted by Gasteiger charge is -2.37. The Morgan fingerprint density at radius 2 is 1.33 bits per heavy atom. The monoisotopic (exact) mass is 541 g/mol. The Kier molecular flexibility index (Phi) is 7.70. The second kappa shape index (κ2) is 10.8. The minimum absolute atomic E-state index is 0.0505. The van der Waals surface area contributed by atoms with Crippen LogP contribution in [-0.2, 0) is 4.79 Å². The molecule has 3 aromatic carbocycles. The van der Waals surface area contributed by atoms with Crippen LogP contribution in [0, 0.1) is 29.1 Å². The van der Waals surface area contributed by atoms with Gasteiger partial charge in [-0.05, 0) is 48.0 Å². The van der Waals surface area contributed by atoms with Gasteiger partial charge in [0, 0.05) is 53.7 Å². The van der Waals surface area contributed by atoms with Gasteiger partial charge < -0.3 is 15.1 Å². The van der Waals surface area contributed by atoms with Crippen LogP contribution in [0.4, 0.5) is 39.0 Å². The van der Waals surface area contributed by atoms with Gasteiger partial charge in [0.1, 0.15) is 5.69 Å². The summed E-state index contributed by atoms with van der Waals surface area (Å²) in [4.78, 5) is 15.3. The Hall–Kier alpha value is -3.30. The summed E-state index contributed by atoms with van der Waals surface area (Å²) in [5.74, 6) is -10.2. The topological polar surface area (TPSA) is 35.6 Å². The van der Waals surface area contributed by atoms with E-state index in [0.717, 1.165) is 10.6 Å². The van der Waals surface area contributed by atoms with Gasteiger partial charge in [-0.1, -0.05) is 29.3 Å². The van der Waals surface area contributed by atoms with Crippen molar-refractivity contribution in [3.8, 4) is 0 Å². The fraction of sp³-hybridized carbons (Fsp3) is 0.160. The first-order valence-corrected chi connectivity index (χ1v) is 11.5. The third-order valence-corrected chi connectivity index (χ3v) is 6.22. The van der Waals surface area contributed by atoms with E-state index < -0.39 is 34.8 Å². The second-order valence-electron chi connectivity index (χ2n) is 7.93. The quantitative estimate of drug-likeness (QED) is 0.169. The molecule has 36 heavy (non-hydrogen) atoms. The van der Waals surface area contributed by atoms with Gasteiger partial charge in [0.05, 0.1) is 0 Å². The molecule has 1 amide bonds. The fourth-order valence-corrected chi connectivity index (χ4v) is 4.27. The molecule has 1 aliphatic heterocycles. The van der Waals surface area contributed by atoms with E-state index in [4.69, 9.17) is 23.2 Å². The van der Waals surface area contributed by atoms with Crippen molar-refractivity contribution in [2.24, 2.45) is 0 Å². The van der Waals surface area contributed by atoms with Crippen LogP contribution in [0.15, 0.2) is 48.5 Å². The van der Waals surface area contributed by atoms with Crippen LogP contribution in [0.2, 0.25) is 10.0 Å². The van der Waals surface area contributed by atoms with Crippen molar-refractivity contribution < 1.29 is 26.7 Å². The third kappa shape index (κ3) is 5.42. The molecule has 0 radical (unpaired) electrons. The number of halogens is 7. The van der Waals surface area contributed by atoms with Crippen molar-refractivity contribution in [2.45, 2.75) is 0 Å². The number of nitrogens with one attached hydrogen (secondary N) is 1. The molecule has 1 heterocycles. The van der Waals surface area contributed by atoms with Crippen molar-refractivity contribution in [3.05, 3.63) is 93.2 Å². The summed E-state index contributed by atoms with van der Waals surface area (Å²) in [6.07, 6.45) is 2.90.